The molecule has 1 unspecified atom stereocenters. The van der Waals surface area contributed by atoms with Crippen LogP contribution in [0.4, 0.5) is 11.4 Å². The minimum Gasteiger partial charge on any atom is -0.467 e. The number of halogens is 1. The molecule has 2 heterocycles. The van der Waals surface area contributed by atoms with Crippen molar-refractivity contribution in [2.75, 3.05) is 19.0 Å². The van der Waals surface area contributed by atoms with E-state index in [9.17, 15) is 14.9 Å². The molecule has 0 amide bonds. The van der Waals surface area contributed by atoms with Crippen LogP contribution >= 0.6 is 11.6 Å². The summed E-state index contributed by atoms with van der Waals surface area (Å²) in [6.07, 6.45) is 1.04. The molecule has 31 heavy (non-hydrogen) atoms. The number of carbonyl (C=O) groups is 1. The Bertz CT molecular complexity index is 1210. The van der Waals surface area contributed by atoms with Crippen LogP contribution in [0.3, 0.4) is 0 Å². The van der Waals surface area contributed by atoms with Crippen molar-refractivity contribution in [2.45, 2.75) is 26.0 Å². The Kier molecular flexibility index (Phi) is 6.95. The second kappa shape index (κ2) is 9.64. The van der Waals surface area contributed by atoms with Crippen LogP contribution < -0.4 is 11.0 Å². The van der Waals surface area contributed by atoms with Crippen LogP contribution in [0.15, 0.2) is 35.3 Å². The van der Waals surface area contributed by atoms with Gasteiger partial charge in [-0.25, -0.2) is 14.6 Å². The first-order chi connectivity index (χ1) is 14.9. The number of ether oxygens (including phenoxy) is 2. The number of carbonyl (C=O) groups excluding carboxylic acids is 1. The van der Waals surface area contributed by atoms with Crippen molar-refractivity contribution in [2.24, 2.45) is 7.05 Å². The minimum absolute atomic E-state index is 0.106. The number of hydrogen-bond donors (Lipinski definition) is 1. The number of anilines is 2. The summed E-state index contributed by atoms with van der Waals surface area (Å²) in [6.45, 7) is 2.41. The Balaban J connectivity index is 1.96. The van der Waals surface area contributed by atoms with Crippen molar-refractivity contribution in [3.05, 3.63) is 51.7 Å². The van der Waals surface area contributed by atoms with E-state index < -0.39 is 12.1 Å². The first-order valence-electron chi connectivity index (χ1n) is 9.61. The first-order valence-corrected chi connectivity index (χ1v) is 9.99. The zero-order chi connectivity index (χ0) is 22.5. The molecule has 10 heteroatoms. The molecule has 2 aromatic heterocycles. The lowest BCUT2D eigenvalue weighted by molar-refractivity contribution is -0.154. The highest BCUT2D eigenvalue weighted by Gasteiger charge is 2.21. The van der Waals surface area contributed by atoms with Gasteiger partial charge in [0.1, 0.15) is 16.8 Å². The lowest BCUT2D eigenvalue weighted by atomic mass is 10.2. The number of methoxy groups -OCH3 is 1. The fourth-order valence-electron chi connectivity index (χ4n) is 3.35. The highest BCUT2D eigenvalue weighted by Crippen LogP contribution is 2.26. The number of aryl methyl sites for hydroxylation is 2. The van der Waals surface area contributed by atoms with Crippen molar-refractivity contribution in [3.8, 4) is 6.07 Å². The van der Waals surface area contributed by atoms with Gasteiger partial charge in [-0.2, -0.15) is 5.26 Å². The maximum absolute atomic E-state index is 12.8. The fourth-order valence-corrected chi connectivity index (χ4v) is 3.56. The average molecular weight is 444 g/mol. The quantitative estimate of drug-likeness (QED) is 0.420. The van der Waals surface area contributed by atoms with Crippen LogP contribution in [0.2, 0.25) is 5.15 Å². The van der Waals surface area contributed by atoms with Crippen molar-refractivity contribution in [3.63, 3.8) is 0 Å². The SMILES string of the molecule is CCOC(CCn1c(=O)n(C)c2ccc(Nc3ccnc(Cl)c3C#N)cc21)C(=O)OC. The molecule has 3 aromatic rings. The summed E-state index contributed by atoms with van der Waals surface area (Å²) in [6, 6.07) is 9.10. The Morgan fingerprint density at radius 3 is 2.81 bits per heavy atom. The van der Waals surface area contributed by atoms with Gasteiger partial charge in [0.25, 0.3) is 0 Å². The minimum atomic E-state index is -0.754. The van der Waals surface area contributed by atoms with E-state index in [0.717, 1.165) is 5.52 Å². The summed E-state index contributed by atoms with van der Waals surface area (Å²) < 4.78 is 13.4. The molecule has 1 atom stereocenters. The van der Waals surface area contributed by atoms with Gasteiger partial charge in [0, 0.05) is 38.5 Å². The van der Waals surface area contributed by atoms with E-state index in [2.05, 4.69) is 10.3 Å². The predicted octanol–water partition coefficient (Wildman–Crippen LogP) is 2.97. The second-order valence-electron chi connectivity index (χ2n) is 6.71. The number of imidazole rings is 1. The van der Waals surface area contributed by atoms with E-state index in [1.165, 1.54) is 17.9 Å². The largest absolute Gasteiger partial charge is 0.467 e. The zero-order valence-electron chi connectivity index (χ0n) is 17.4. The molecule has 0 aliphatic heterocycles. The van der Waals surface area contributed by atoms with Crippen molar-refractivity contribution >= 4 is 40.0 Å². The van der Waals surface area contributed by atoms with E-state index in [1.807, 2.05) is 12.1 Å². The number of hydrogen-bond acceptors (Lipinski definition) is 7. The number of nitriles is 1. The molecule has 0 aliphatic rings. The lowest BCUT2D eigenvalue weighted by Gasteiger charge is -2.15. The summed E-state index contributed by atoms with van der Waals surface area (Å²) in [4.78, 5) is 28.6. The molecular weight excluding hydrogens is 422 g/mol. The van der Waals surface area contributed by atoms with E-state index >= 15 is 0 Å². The molecule has 0 radical (unpaired) electrons. The maximum atomic E-state index is 12.8. The summed E-state index contributed by atoms with van der Waals surface area (Å²) in [5, 5.41) is 12.6. The third-order valence-electron chi connectivity index (χ3n) is 4.89. The van der Waals surface area contributed by atoms with E-state index in [4.69, 9.17) is 21.1 Å². The molecule has 3 rings (SSSR count). The molecule has 0 aliphatic carbocycles. The van der Waals surface area contributed by atoms with Crippen molar-refractivity contribution in [1.82, 2.24) is 14.1 Å². The number of benzene rings is 1. The van der Waals surface area contributed by atoms with Crippen LogP contribution in [0.5, 0.6) is 0 Å². The highest BCUT2D eigenvalue weighted by molar-refractivity contribution is 6.31. The van der Waals surface area contributed by atoms with E-state index in [1.54, 1.807) is 36.7 Å². The second-order valence-corrected chi connectivity index (χ2v) is 7.07. The molecule has 1 N–H and O–H groups in total. The summed E-state index contributed by atoms with van der Waals surface area (Å²) in [5.41, 5.74) is 2.60. The third kappa shape index (κ3) is 4.55. The Labute approximate surface area is 183 Å². The summed E-state index contributed by atoms with van der Waals surface area (Å²) >= 11 is 6.00. The van der Waals surface area contributed by atoms with Gasteiger partial charge >= 0.3 is 11.7 Å². The first kappa shape index (κ1) is 22.3. The molecule has 9 nitrogen and oxygen atoms in total. The number of rotatable bonds is 8. The molecule has 0 saturated heterocycles. The standard InChI is InChI=1S/C21H22ClN5O4/c1-4-31-18(20(28)30-3)8-10-27-17-11-13(5-6-16(17)26(2)21(27)29)25-15-7-9-24-19(22)14(15)12-23/h5-7,9,11,18H,4,8,10H2,1-3H3,(H,24,25). The van der Waals surface area contributed by atoms with Crippen molar-refractivity contribution in [1.29, 1.82) is 5.26 Å². The monoisotopic (exact) mass is 443 g/mol. The van der Waals surface area contributed by atoms with Crippen LogP contribution in [-0.4, -0.2) is 39.9 Å². The van der Waals surface area contributed by atoms with Gasteiger partial charge in [-0.15, -0.1) is 0 Å². The molecule has 1 aromatic carbocycles. The summed E-state index contributed by atoms with van der Waals surface area (Å²) in [7, 11) is 2.99. The van der Waals surface area contributed by atoms with Crippen LogP contribution in [0.25, 0.3) is 11.0 Å². The maximum Gasteiger partial charge on any atom is 0.335 e. The zero-order valence-corrected chi connectivity index (χ0v) is 18.1. The number of esters is 1. The molecule has 0 saturated carbocycles. The van der Waals surface area contributed by atoms with Gasteiger partial charge in [0.15, 0.2) is 6.10 Å². The predicted molar refractivity (Wildman–Crippen MR) is 116 cm³/mol. The van der Waals surface area contributed by atoms with Crippen LogP contribution in [0, 0.1) is 11.3 Å². The van der Waals surface area contributed by atoms with Crippen molar-refractivity contribution < 1.29 is 14.3 Å². The lowest BCUT2D eigenvalue weighted by Crippen LogP contribution is -2.30. The van der Waals surface area contributed by atoms with E-state index in [0.29, 0.717) is 23.5 Å². The molecule has 162 valence electrons. The Morgan fingerprint density at radius 2 is 2.13 bits per heavy atom. The van der Waals surface area contributed by atoms with E-state index in [-0.39, 0.29) is 29.4 Å². The van der Waals surface area contributed by atoms with Gasteiger partial charge in [-0.1, -0.05) is 11.6 Å². The number of fused-ring (bicyclic) bond motifs is 1. The van der Waals surface area contributed by atoms with Gasteiger partial charge in [0.05, 0.1) is 23.8 Å². The van der Waals surface area contributed by atoms with Gasteiger partial charge in [-0.05, 0) is 31.2 Å². The topological polar surface area (TPSA) is 111 Å². The highest BCUT2D eigenvalue weighted by atomic mass is 35.5. The molecule has 0 bridgehead atoms. The molecular formula is C21H22ClN5O4. The number of aromatic nitrogens is 3. The molecule has 0 spiro atoms. The average Bonchev–Trinajstić information content (AvgIpc) is 3.00. The fraction of sp³-hybridized carbons (Fsp3) is 0.333. The molecule has 0 fully saturated rings. The van der Waals surface area contributed by atoms with Crippen LogP contribution in [0.1, 0.15) is 18.9 Å². The Morgan fingerprint density at radius 1 is 1.35 bits per heavy atom. The third-order valence-corrected chi connectivity index (χ3v) is 5.17. The van der Waals surface area contributed by atoms with Gasteiger partial charge in [0.2, 0.25) is 0 Å². The van der Waals surface area contributed by atoms with Crippen LogP contribution in [-0.2, 0) is 27.9 Å². The number of nitrogens with zero attached hydrogens (tertiary/aromatic N) is 4. The summed E-state index contributed by atoms with van der Waals surface area (Å²) in [5.74, 6) is -0.476. The smallest absolute Gasteiger partial charge is 0.335 e. The van der Waals surface area contributed by atoms with Gasteiger partial charge < -0.3 is 14.8 Å². The Hall–Kier alpha value is -3.35. The normalized spacial score (nSPS) is 11.8. The number of nitrogens with one attached hydrogen (secondary N) is 1. The van der Waals surface area contributed by atoms with Gasteiger partial charge in [-0.3, -0.25) is 9.13 Å². The number of pyridine rings is 1.